The third kappa shape index (κ3) is 3.41. The van der Waals surface area contributed by atoms with Gasteiger partial charge in [0.15, 0.2) is 5.82 Å². The van der Waals surface area contributed by atoms with Gasteiger partial charge in [-0.25, -0.2) is 4.79 Å². The molecule has 10 heteroatoms. The number of H-pyrrole nitrogens is 1. The summed E-state index contributed by atoms with van der Waals surface area (Å²) in [6.07, 6.45) is -0.149. The van der Waals surface area contributed by atoms with Crippen LogP contribution in [0.2, 0.25) is 0 Å². The highest BCUT2D eigenvalue weighted by Crippen LogP contribution is 2.13. The Balaban J connectivity index is 1.97. The van der Waals surface area contributed by atoms with Gasteiger partial charge in [0, 0.05) is 6.54 Å². The average Bonchev–Trinajstić information content (AvgIpc) is 2.92. The SMILES string of the molecule is CC(NC(=O)N1CCOCC1CC(=O)O)c1nn[nH]n1. The van der Waals surface area contributed by atoms with Crippen LogP contribution in [-0.4, -0.2) is 68.4 Å². The Hall–Kier alpha value is -2.23. The molecule has 0 aliphatic carbocycles. The van der Waals surface area contributed by atoms with E-state index in [9.17, 15) is 9.59 Å². The maximum absolute atomic E-state index is 12.2. The Morgan fingerprint density at radius 2 is 2.45 bits per heavy atom. The second-order valence-corrected chi connectivity index (χ2v) is 4.46. The molecule has 3 N–H and O–H groups in total. The fourth-order valence-electron chi connectivity index (χ4n) is 1.98. The zero-order valence-corrected chi connectivity index (χ0v) is 10.9. The summed E-state index contributed by atoms with van der Waals surface area (Å²) in [5, 5.41) is 24.8. The third-order valence-electron chi connectivity index (χ3n) is 2.99. The first-order valence-electron chi connectivity index (χ1n) is 6.18. The Bertz CT molecular complexity index is 464. The molecule has 2 rings (SSSR count). The Morgan fingerprint density at radius 3 is 3.10 bits per heavy atom. The van der Waals surface area contributed by atoms with Gasteiger partial charge in [-0.1, -0.05) is 5.21 Å². The predicted octanol–water partition coefficient (Wildman–Crippen LogP) is -0.854. The summed E-state index contributed by atoms with van der Waals surface area (Å²) >= 11 is 0. The fourth-order valence-corrected chi connectivity index (χ4v) is 1.98. The predicted molar refractivity (Wildman–Crippen MR) is 64.7 cm³/mol. The van der Waals surface area contributed by atoms with Gasteiger partial charge in [-0.05, 0) is 6.92 Å². The zero-order valence-electron chi connectivity index (χ0n) is 10.9. The molecule has 1 fully saturated rings. The standard InChI is InChI=1S/C10H16N6O4/c1-6(9-12-14-15-13-9)11-10(19)16-2-3-20-5-7(16)4-8(17)18/h6-7H,2-5H2,1H3,(H,11,19)(H,17,18)(H,12,13,14,15). The molecule has 1 saturated heterocycles. The number of urea groups is 1. The lowest BCUT2D eigenvalue weighted by atomic mass is 10.1. The number of morpholine rings is 1. The average molecular weight is 284 g/mol. The van der Waals surface area contributed by atoms with Crippen LogP contribution < -0.4 is 5.32 Å². The van der Waals surface area contributed by atoms with Gasteiger partial charge in [-0.3, -0.25) is 4.79 Å². The number of amides is 2. The summed E-state index contributed by atoms with van der Waals surface area (Å²) in [7, 11) is 0. The minimum absolute atomic E-state index is 0.149. The van der Waals surface area contributed by atoms with Crippen LogP contribution in [-0.2, 0) is 9.53 Å². The minimum Gasteiger partial charge on any atom is -0.481 e. The van der Waals surface area contributed by atoms with Gasteiger partial charge in [0.1, 0.15) is 0 Å². The molecule has 0 radical (unpaired) electrons. The summed E-state index contributed by atoms with van der Waals surface area (Å²) in [5.41, 5.74) is 0. The van der Waals surface area contributed by atoms with E-state index in [0.29, 0.717) is 19.0 Å². The second kappa shape index (κ2) is 6.28. The number of tetrazole rings is 1. The molecule has 110 valence electrons. The van der Waals surface area contributed by atoms with E-state index in [1.165, 1.54) is 4.90 Å². The number of nitrogens with one attached hydrogen (secondary N) is 2. The molecule has 10 nitrogen and oxygen atoms in total. The molecule has 2 amide bonds. The number of hydrogen-bond acceptors (Lipinski definition) is 6. The highest BCUT2D eigenvalue weighted by molar-refractivity contribution is 5.76. The summed E-state index contributed by atoms with van der Waals surface area (Å²) in [5.74, 6) is -0.606. The lowest BCUT2D eigenvalue weighted by Crippen LogP contribution is -2.53. The van der Waals surface area contributed by atoms with Gasteiger partial charge in [0.2, 0.25) is 0 Å². The van der Waals surface area contributed by atoms with E-state index in [4.69, 9.17) is 9.84 Å². The topological polar surface area (TPSA) is 133 Å². The smallest absolute Gasteiger partial charge is 0.318 e. The largest absolute Gasteiger partial charge is 0.481 e. The number of aromatic nitrogens is 4. The molecule has 2 unspecified atom stereocenters. The number of ether oxygens (including phenoxy) is 1. The highest BCUT2D eigenvalue weighted by Gasteiger charge is 2.30. The quantitative estimate of drug-likeness (QED) is 0.655. The highest BCUT2D eigenvalue weighted by atomic mass is 16.5. The van der Waals surface area contributed by atoms with E-state index in [2.05, 4.69) is 25.9 Å². The molecule has 0 spiro atoms. The number of carbonyl (C=O) groups is 2. The van der Waals surface area contributed by atoms with Crippen molar-refractivity contribution in [1.82, 2.24) is 30.8 Å². The zero-order chi connectivity index (χ0) is 14.5. The molecule has 0 aromatic carbocycles. The van der Waals surface area contributed by atoms with E-state index in [1.54, 1.807) is 6.92 Å². The van der Waals surface area contributed by atoms with Crippen molar-refractivity contribution in [3.8, 4) is 0 Å². The Morgan fingerprint density at radius 1 is 1.65 bits per heavy atom. The summed E-state index contributed by atoms with van der Waals surface area (Å²) in [6.45, 7) is 2.68. The molecule has 20 heavy (non-hydrogen) atoms. The van der Waals surface area contributed by atoms with Crippen molar-refractivity contribution in [3.63, 3.8) is 0 Å². The molecular formula is C10H16N6O4. The number of carboxylic acids is 1. The maximum atomic E-state index is 12.2. The van der Waals surface area contributed by atoms with Crippen LogP contribution in [0, 0.1) is 0 Å². The molecule has 1 aliphatic heterocycles. The van der Waals surface area contributed by atoms with Crippen LogP contribution in [0.5, 0.6) is 0 Å². The van der Waals surface area contributed by atoms with Crippen molar-refractivity contribution in [2.45, 2.75) is 25.4 Å². The molecule has 2 heterocycles. The van der Waals surface area contributed by atoms with Gasteiger partial charge in [-0.15, -0.1) is 10.2 Å². The number of carboxylic acid groups (broad SMARTS) is 1. The first-order valence-corrected chi connectivity index (χ1v) is 6.18. The fraction of sp³-hybridized carbons (Fsp3) is 0.700. The summed E-state index contributed by atoms with van der Waals surface area (Å²) in [6, 6.07) is -1.26. The van der Waals surface area contributed by atoms with Gasteiger partial charge in [0.25, 0.3) is 0 Å². The van der Waals surface area contributed by atoms with Crippen molar-refractivity contribution < 1.29 is 19.4 Å². The van der Waals surface area contributed by atoms with Gasteiger partial charge < -0.3 is 20.1 Å². The Kier molecular flexibility index (Phi) is 4.45. The maximum Gasteiger partial charge on any atom is 0.318 e. The van der Waals surface area contributed by atoms with Crippen molar-refractivity contribution in [2.24, 2.45) is 0 Å². The number of aromatic amines is 1. The summed E-state index contributed by atoms with van der Waals surface area (Å²) < 4.78 is 5.22. The minimum atomic E-state index is -0.968. The number of carbonyl (C=O) groups excluding carboxylic acids is 1. The number of aliphatic carboxylic acids is 1. The van der Waals surface area contributed by atoms with Crippen molar-refractivity contribution in [1.29, 1.82) is 0 Å². The van der Waals surface area contributed by atoms with Crippen LogP contribution in [0.3, 0.4) is 0 Å². The van der Waals surface area contributed by atoms with Crippen LogP contribution in [0.1, 0.15) is 25.2 Å². The second-order valence-electron chi connectivity index (χ2n) is 4.46. The van der Waals surface area contributed by atoms with Crippen LogP contribution >= 0.6 is 0 Å². The first kappa shape index (κ1) is 14.2. The molecule has 0 saturated carbocycles. The van der Waals surface area contributed by atoms with Gasteiger partial charge >= 0.3 is 12.0 Å². The van der Waals surface area contributed by atoms with Gasteiger partial charge in [-0.2, -0.15) is 5.21 Å². The monoisotopic (exact) mass is 284 g/mol. The molecule has 0 bridgehead atoms. The number of hydrogen-bond donors (Lipinski definition) is 3. The van der Waals surface area contributed by atoms with Crippen molar-refractivity contribution >= 4 is 12.0 Å². The number of nitrogens with zero attached hydrogens (tertiary/aromatic N) is 4. The van der Waals surface area contributed by atoms with E-state index in [-0.39, 0.29) is 19.1 Å². The van der Waals surface area contributed by atoms with E-state index in [1.807, 2.05) is 0 Å². The molecular weight excluding hydrogens is 268 g/mol. The first-order chi connectivity index (χ1) is 9.58. The lowest BCUT2D eigenvalue weighted by molar-refractivity contribution is -0.139. The van der Waals surface area contributed by atoms with E-state index >= 15 is 0 Å². The van der Waals surface area contributed by atoms with Crippen molar-refractivity contribution in [2.75, 3.05) is 19.8 Å². The lowest BCUT2D eigenvalue weighted by Gasteiger charge is -2.35. The molecule has 2 atom stereocenters. The van der Waals surface area contributed by atoms with E-state index < -0.39 is 18.1 Å². The normalized spacial score (nSPS) is 20.4. The van der Waals surface area contributed by atoms with Crippen LogP contribution in [0.25, 0.3) is 0 Å². The summed E-state index contributed by atoms with van der Waals surface area (Å²) in [4.78, 5) is 24.4. The van der Waals surface area contributed by atoms with Gasteiger partial charge in [0.05, 0.1) is 31.7 Å². The van der Waals surface area contributed by atoms with Crippen LogP contribution in [0.15, 0.2) is 0 Å². The third-order valence-corrected chi connectivity index (χ3v) is 2.99. The van der Waals surface area contributed by atoms with Crippen molar-refractivity contribution in [3.05, 3.63) is 5.82 Å². The molecule has 1 aliphatic rings. The molecule has 1 aromatic heterocycles. The van der Waals surface area contributed by atoms with E-state index in [0.717, 1.165) is 0 Å². The molecule has 1 aromatic rings. The van der Waals surface area contributed by atoms with Crippen LogP contribution in [0.4, 0.5) is 4.79 Å². The Labute approximate surface area is 114 Å². The number of rotatable bonds is 4.